The molecule has 2 saturated heterocycles. The average Bonchev–Trinajstić information content (AvgIpc) is 2.54. The summed E-state index contributed by atoms with van der Waals surface area (Å²) in [5.74, 6) is 1.49. The molecule has 2 heterocycles. The average molecular weight is 318 g/mol. The predicted molar refractivity (Wildman–Crippen MR) is 88.9 cm³/mol. The monoisotopic (exact) mass is 318 g/mol. The minimum atomic E-state index is 0.112. The van der Waals surface area contributed by atoms with E-state index in [0.29, 0.717) is 5.92 Å². The number of carbonyl (C=O) groups is 1. The molecule has 1 aromatic rings. The number of carbonyl (C=O) groups excluding carboxylic acids is 1. The van der Waals surface area contributed by atoms with Crippen molar-refractivity contribution in [3.8, 4) is 5.75 Å². The summed E-state index contributed by atoms with van der Waals surface area (Å²) in [6.45, 7) is 3.53. The Bertz CT molecular complexity index is 552. The van der Waals surface area contributed by atoms with E-state index in [0.717, 1.165) is 44.0 Å². The van der Waals surface area contributed by atoms with Crippen molar-refractivity contribution >= 4 is 5.91 Å². The third-order valence-electron chi connectivity index (χ3n) is 5.35. The predicted octanol–water partition coefficient (Wildman–Crippen LogP) is 1.88. The first kappa shape index (κ1) is 16.3. The number of benzene rings is 1. The Labute approximate surface area is 138 Å². The van der Waals surface area contributed by atoms with E-state index >= 15 is 0 Å². The van der Waals surface area contributed by atoms with E-state index < -0.39 is 0 Å². The number of ether oxygens (including phenoxy) is 2. The van der Waals surface area contributed by atoms with Gasteiger partial charge in [0, 0.05) is 32.4 Å². The molecule has 1 aromatic carbocycles. The topological polar surface area (TPSA) is 42.0 Å². The molecule has 0 unspecified atom stereocenters. The van der Waals surface area contributed by atoms with Crippen LogP contribution >= 0.6 is 0 Å². The first-order valence-corrected chi connectivity index (χ1v) is 8.21. The van der Waals surface area contributed by atoms with Crippen LogP contribution in [0.5, 0.6) is 5.75 Å². The van der Waals surface area contributed by atoms with Crippen molar-refractivity contribution in [1.82, 2.24) is 9.80 Å². The molecule has 1 amide bonds. The smallest absolute Gasteiger partial charge is 0.253 e. The van der Waals surface area contributed by atoms with Gasteiger partial charge in [-0.05, 0) is 56.6 Å². The molecule has 126 valence electrons. The highest BCUT2D eigenvalue weighted by Crippen LogP contribution is 2.38. The number of nitrogens with zero attached hydrogens (tertiary/aromatic N) is 2. The van der Waals surface area contributed by atoms with Gasteiger partial charge in [0.05, 0.1) is 12.6 Å². The maximum Gasteiger partial charge on any atom is 0.253 e. The van der Waals surface area contributed by atoms with E-state index in [4.69, 9.17) is 9.47 Å². The number of hydrogen-bond donors (Lipinski definition) is 0. The second kappa shape index (κ2) is 6.49. The van der Waals surface area contributed by atoms with Crippen molar-refractivity contribution in [2.75, 3.05) is 47.5 Å². The van der Waals surface area contributed by atoms with Gasteiger partial charge >= 0.3 is 0 Å². The lowest BCUT2D eigenvalue weighted by Crippen LogP contribution is -2.72. The Morgan fingerprint density at radius 2 is 1.96 bits per heavy atom. The van der Waals surface area contributed by atoms with Crippen LogP contribution < -0.4 is 4.74 Å². The fourth-order valence-electron chi connectivity index (χ4n) is 3.88. The van der Waals surface area contributed by atoms with Crippen molar-refractivity contribution in [3.05, 3.63) is 29.8 Å². The molecule has 5 heteroatoms. The van der Waals surface area contributed by atoms with E-state index in [-0.39, 0.29) is 11.4 Å². The molecule has 1 atom stereocenters. The molecule has 2 fully saturated rings. The van der Waals surface area contributed by atoms with Crippen molar-refractivity contribution in [2.24, 2.45) is 5.92 Å². The van der Waals surface area contributed by atoms with Crippen LogP contribution in [0.4, 0.5) is 0 Å². The SMILES string of the molecule is COC[C@@H]1CCN(C)C2(C1)CN(C(=O)c1ccc(OC)cc1)C2. The van der Waals surface area contributed by atoms with Gasteiger partial charge in [-0.15, -0.1) is 0 Å². The van der Waals surface area contributed by atoms with Crippen LogP contribution in [0.3, 0.4) is 0 Å². The highest BCUT2D eigenvalue weighted by atomic mass is 16.5. The Kier molecular flexibility index (Phi) is 4.60. The maximum atomic E-state index is 12.6. The highest BCUT2D eigenvalue weighted by molar-refractivity contribution is 5.95. The summed E-state index contributed by atoms with van der Waals surface area (Å²) < 4.78 is 10.5. The zero-order valence-electron chi connectivity index (χ0n) is 14.2. The Balaban J connectivity index is 1.63. The van der Waals surface area contributed by atoms with Gasteiger partial charge in [0.2, 0.25) is 0 Å². The van der Waals surface area contributed by atoms with Crippen molar-refractivity contribution < 1.29 is 14.3 Å². The minimum absolute atomic E-state index is 0.112. The Hall–Kier alpha value is -1.59. The number of likely N-dealkylation sites (N-methyl/N-ethyl adjacent to an activating group) is 1. The summed E-state index contributed by atoms with van der Waals surface area (Å²) in [6.07, 6.45) is 2.29. The molecule has 0 aromatic heterocycles. The van der Waals surface area contributed by atoms with Crippen LogP contribution in [0.15, 0.2) is 24.3 Å². The zero-order chi connectivity index (χ0) is 16.4. The number of piperidine rings is 1. The first-order valence-electron chi connectivity index (χ1n) is 8.21. The Morgan fingerprint density at radius 1 is 1.26 bits per heavy atom. The molecule has 0 radical (unpaired) electrons. The molecule has 3 rings (SSSR count). The molecule has 2 aliphatic rings. The van der Waals surface area contributed by atoms with Gasteiger partial charge in [0.15, 0.2) is 0 Å². The lowest BCUT2D eigenvalue weighted by atomic mass is 9.75. The molecule has 0 aliphatic carbocycles. The molecule has 5 nitrogen and oxygen atoms in total. The van der Waals surface area contributed by atoms with Crippen LogP contribution in [0.25, 0.3) is 0 Å². The van der Waals surface area contributed by atoms with Gasteiger partial charge < -0.3 is 14.4 Å². The second-order valence-electron chi connectivity index (χ2n) is 6.85. The van der Waals surface area contributed by atoms with Gasteiger partial charge in [-0.2, -0.15) is 0 Å². The summed E-state index contributed by atoms with van der Waals surface area (Å²) in [5.41, 5.74) is 0.872. The van der Waals surface area contributed by atoms with Gasteiger partial charge in [-0.25, -0.2) is 0 Å². The molecule has 0 N–H and O–H groups in total. The van der Waals surface area contributed by atoms with Gasteiger partial charge in [-0.1, -0.05) is 0 Å². The van der Waals surface area contributed by atoms with Crippen LogP contribution in [0, 0.1) is 5.92 Å². The highest BCUT2D eigenvalue weighted by Gasteiger charge is 2.50. The molecular weight excluding hydrogens is 292 g/mol. The fourth-order valence-corrected chi connectivity index (χ4v) is 3.88. The minimum Gasteiger partial charge on any atom is -0.497 e. The van der Waals surface area contributed by atoms with Crippen LogP contribution in [0.2, 0.25) is 0 Å². The number of methoxy groups -OCH3 is 2. The van der Waals surface area contributed by atoms with Crippen molar-refractivity contribution in [1.29, 1.82) is 0 Å². The maximum absolute atomic E-state index is 12.6. The normalized spacial score (nSPS) is 23.6. The Morgan fingerprint density at radius 3 is 2.57 bits per heavy atom. The van der Waals surface area contributed by atoms with Crippen LogP contribution in [-0.4, -0.2) is 68.8 Å². The van der Waals surface area contributed by atoms with Gasteiger partial charge in [0.1, 0.15) is 5.75 Å². The number of likely N-dealkylation sites (tertiary alicyclic amines) is 2. The van der Waals surface area contributed by atoms with Gasteiger partial charge in [-0.3, -0.25) is 9.69 Å². The van der Waals surface area contributed by atoms with Gasteiger partial charge in [0.25, 0.3) is 5.91 Å². The molecule has 1 spiro atoms. The van der Waals surface area contributed by atoms with E-state index in [1.165, 1.54) is 6.42 Å². The van der Waals surface area contributed by atoms with Crippen molar-refractivity contribution in [2.45, 2.75) is 18.4 Å². The quantitative estimate of drug-likeness (QED) is 0.850. The number of amides is 1. The van der Waals surface area contributed by atoms with E-state index in [1.807, 2.05) is 29.2 Å². The number of rotatable bonds is 4. The molecule has 0 saturated carbocycles. The standard InChI is InChI=1S/C18H26N2O3/c1-19-9-8-14(11-22-2)10-18(19)12-20(13-18)17(21)15-4-6-16(23-3)7-5-15/h4-7,14H,8-13H2,1-3H3/t14-/m1/s1. The van der Waals surface area contributed by atoms with E-state index in [2.05, 4.69) is 11.9 Å². The summed E-state index contributed by atoms with van der Waals surface area (Å²) in [7, 11) is 5.58. The first-order chi connectivity index (χ1) is 11.1. The van der Waals surface area contributed by atoms with Crippen LogP contribution in [-0.2, 0) is 4.74 Å². The molecule has 0 bridgehead atoms. The molecular formula is C18H26N2O3. The molecule has 2 aliphatic heterocycles. The molecule has 23 heavy (non-hydrogen) atoms. The lowest BCUT2D eigenvalue weighted by Gasteiger charge is -2.58. The van der Waals surface area contributed by atoms with E-state index in [1.54, 1.807) is 14.2 Å². The summed E-state index contributed by atoms with van der Waals surface area (Å²) in [5, 5.41) is 0. The fraction of sp³-hybridized carbons (Fsp3) is 0.611. The van der Waals surface area contributed by atoms with Crippen LogP contribution in [0.1, 0.15) is 23.2 Å². The lowest BCUT2D eigenvalue weighted by molar-refractivity contribution is -0.0731. The largest absolute Gasteiger partial charge is 0.497 e. The summed E-state index contributed by atoms with van der Waals surface area (Å²) >= 11 is 0. The summed E-state index contributed by atoms with van der Waals surface area (Å²) in [4.78, 5) is 17.0. The number of hydrogen-bond acceptors (Lipinski definition) is 4. The zero-order valence-corrected chi connectivity index (χ0v) is 14.2. The third kappa shape index (κ3) is 3.08. The third-order valence-corrected chi connectivity index (χ3v) is 5.35. The summed E-state index contributed by atoms with van der Waals surface area (Å²) in [6, 6.07) is 7.35. The second-order valence-corrected chi connectivity index (χ2v) is 6.85. The van der Waals surface area contributed by atoms with E-state index in [9.17, 15) is 4.79 Å². The van der Waals surface area contributed by atoms with Crippen molar-refractivity contribution in [3.63, 3.8) is 0 Å².